The number of nitrogens with zero attached hydrogens (tertiary/aromatic N) is 3. The van der Waals surface area contributed by atoms with Crippen molar-refractivity contribution in [2.75, 3.05) is 24.6 Å². The second-order valence-electron chi connectivity index (χ2n) is 3.50. The average Bonchev–Trinajstić information content (AvgIpc) is 2.52. The quantitative estimate of drug-likeness (QED) is 0.823. The van der Waals surface area contributed by atoms with Crippen LogP contribution in [-0.4, -0.2) is 38.6 Å². The molecule has 4 nitrogen and oxygen atoms in total. The van der Waals surface area contributed by atoms with Crippen LogP contribution >= 0.6 is 23.3 Å². The highest BCUT2D eigenvalue weighted by atomic mass is 32.2. The molecule has 1 saturated heterocycles. The number of hydrogen-bond donors (Lipinski definition) is 1. The van der Waals surface area contributed by atoms with E-state index in [1.165, 1.54) is 17.3 Å². The van der Waals surface area contributed by atoms with Crippen molar-refractivity contribution in [3.8, 4) is 0 Å². The molecule has 1 aromatic heterocycles. The lowest BCUT2D eigenvalue weighted by Crippen LogP contribution is -2.36. The third-order valence-electron chi connectivity index (χ3n) is 2.28. The molecule has 1 unspecified atom stereocenters. The van der Waals surface area contributed by atoms with Gasteiger partial charge in [0.05, 0.1) is 0 Å². The summed E-state index contributed by atoms with van der Waals surface area (Å²) in [5.41, 5.74) is 6.69. The molecule has 0 aliphatic carbocycles. The van der Waals surface area contributed by atoms with Gasteiger partial charge in [-0.05, 0) is 0 Å². The zero-order valence-electron chi connectivity index (χ0n) is 8.14. The predicted octanol–water partition coefficient (Wildman–Crippen LogP) is 1.06. The van der Waals surface area contributed by atoms with Crippen LogP contribution in [0.1, 0.15) is 12.6 Å². The van der Waals surface area contributed by atoms with Crippen molar-refractivity contribution in [3.63, 3.8) is 0 Å². The second-order valence-corrected chi connectivity index (χ2v) is 5.83. The summed E-state index contributed by atoms with van der Waals surface area (Å²) in [4.78, 5) is 2.40. The molecule has 0 spiro atoms. The Morgan fingerprint density at radius 2 is 2.50 bits per heavy atom. The average molecular weight is 230 g/mol. The molecule has 0 amide bonds. The van der Waals surface area contributed by atoms with Gasteiger partial charge in [0.1, 0.15) is 10.7 Å². The first kappa shape index (κ1) is 10.2. The molecule has 0 saturated carbocycles. The standard InChI is InChI=1S/C8H14N4S2/c1-6-4-12(2-3-13-6)5-7-8(9)14-11-10-7/h6H,2-5,9H2,1H3. The van der Waals surface area contributed by atoms with Crippen LogP contribution in [-0.2, 0) is 6.54 Å². The maximum absolute atomic E-state index is 5.75. The first-order valence-corrected chi connectivity index (χ1v) is 6.48. The van der Waals surface area contributed by atoms with Gasteiger partial charge < -0.3 is 5.73 Å². The van der Waals surface area contributed by atoms with Crippen molar-refractivity contribution in [2.45, 2.75) is 18.7 Å². The summed E-state index contributed by atoms with van der Waals surface area (Å²) in [5.74, 6) is 1.21. The van der Waals surface area contributed by atoms with Gasteiger partial charge in [-0.15, -0.1) is 5.10 Å². The van der Waals surface area contributed by atoms with Gasteiger partial charge in [-0.2, -0.15) is 11.8 Å². The van der Waals surface area contributed by atoms with E-state index in [-0.39, 0.29) is 0 Å². The van der Waals surface area contributed by atoms with Crippen LogP contribution < -0.4 is 5.73 Å². The molecule has 1 aliphatic heterocycles. The molecule has 14 heavy (non-hydrogen) atoms. The Labute approximate surface area is 92.0 Å². The first-order valence-electron chi connectivity index (χ1n) is 4.66. The number of aromatic nitrogens is 2. The third kappa shape index (κ3) is 2.37. The number of nitrogens with two attached hydrogens (primary N) is 1. The van der Waals surface area contributed by atoms with E-state index in [0.717, 1.165) is 35.6 Å². The van der Waals surface area contributed by atoms with E-state index >= 15 is 0 Å². The minimum atomic E-state index is 0.719. The van der Waals surface area contributed by atoms with Crippen molar-refractivity contribution >= 4 is 28.3 Å². The minimum Gasteiger partial charge on any atom is -0.388 e. The van der Waals surface area contributed by atoms with E-state index in [0.29, 0.717) is 0 Å². The number of rotatable bonds is 2. The lowest BCUT2D eigenvalue weighted by Gasteiger charge is -2.29. The lowest BCUT2D eigenvalue weighted by atomic mass is 10.3. The number of anilines is 1. The SMILES string of the molecule is CC1CN(Cc2nnsc2N)CCS1. The molecule has 2 N–H and O–H groups in total. The Kier molecular flexibility index (Phi) is 3.25. The zero-order valence-corrected chi connectivity index (χ0v) is 9.77. The van der Waals surface area contributed by atoms with Gasteiger partial charge in [0, 0.05) is 42.2 Å². The lowest BCUT2D eigenvalue weighted by molar-refractivity contribution is 0.275. The maximum atomic E-state index is 5.75. The molecule has 0 bridgehead atoms. The van der Waals surface area contributed by atoms with Gasteiger partial charge in [-0.3, -0.25) is 4.90 Å². The van der Waals surface area contributed by atoms with Gasteiger partial charge in [0.15, 0.2) is 0 Å². The van der Waals surface area contributed by atoms with E-state index < -0.39 is 0 Å². The fourth-order valence-corrected chi connectivity index (χ4v) is 3.09. The molecule has 1 atom stereocenters. The summed E-state index contributed by atoms with van der Waals surface area (Å²) < 4.78 is 3.84. The summed E-state index contributed by atoms with van der Waals surface area (Å²) >= 11 is 3.31. The van der Waals surface area contributed by atoms with Crippen LogP contribution in [0.25, 0.3) is 0 Å². The molecule has 1 aliphatic rings. The smallest absolute Gasteiger partial charge is 0.132 e. The molecular weight excluding hydrogens is 216 g/mol. The monoisotopic (exact) mass is 230 g/mol. The Bertz CT molecular complexity index is 301. The first-order chi connectivity index (χ1) is 6.75. The van der Waals surface area contributed by atoms with Crippen LogP contribution in [0.5, 0.6) is 0 Å². The molecule has 6 heteroatoms. The predicted molar refractivity (Wildman–Crippen MR) is 61.5 cm³/mol. The molecule has 0 radical (unpaired) electrons. The summed E-state index contributed by atoms with van der Waals surface area (Å²) in [6, 6.07) is 0. The van der Waals surface area contributed by atoms with Crippen LogP contribution in [0, 0.1) is 0 Å². The van der Waals surface area contributed by atoms with Crippen molar-refractivity contribution in [2.24, 2.45) is 0 Å². The van der Waals surface area contributed by atoms with Gasteiger partial charge in [0.2, 0.25) is 0 Å². The van der Waals surface area contributed by atoms with Crippen LogP contribution in [0.2, 0.25) is 0 Å². The highest BCUT2D eigenvalue weighted by Crippen LogP contribution is 2.21. The topological polar surface area (TPSA) is 55.0 Å². The molecule has 1 fully saturated rings. The van der Waals surface area contributed by atoms with E-state index in [2.05, 4.69) is 21.4 Å². The molecule has 2 heterocycles. The fourth-order valence-electron chi connectivity index (χ4n) is 1.57. The van der Waals surface area contributed by atoms with Crippen LogP contribution in [0.4, 0.5) is 5.00 Å². The molecular formula is C8H14N4S2. The third-order valence-corrected chi connectivity index (χ3v) is 4.02. The van der Waals surface area contributed by atoms with Gasteiger partial charge in [-0.1, -0.05) is 11.4 Å². The highest BCUT2D eigenvalue weighted by molar-refractivity contribution is 7.99. The van der Waals surface area contributed by atoms with E-state index in [9.17, 15) is 0 Å². The molecule has 1 aromatic rings. The zero-order chi connectivity index (χ0) is 9.97. The van der Waals surface area contributed by atoms with Gasteiger partial charge in [-0.25, -0.2) is 0 Å². The fraction of sp³-hybridized carbons (Fsp3) is 0.750. The van der Waals surface area contributed by atoms with E-state index in [1.54, 1.807) is 0 Å². The number of hydrogen-bond acceptors (Lipinski definition) is 6. The summed E-state index contributed by atoms with van der Waals surface area (Å²) in [6.07, 6.45) is 0. The summed E-state index contributed by atoms with van der Waals surface area (Å²) in [6.45, 7) is 5.38. The number of nitrogen functional groups attached to an aromatic ring is 1. The Hall–Kier alpha value is -0.330. The Morgan fingerprint density at radius 3 is 3.14 bits per heavy atom. The van der Waals surface area contributed by atoms with E-state index in [1.807, 2.05) is 11.8 Å². The van der Waals surface area contributed by atoms with E-state index in [4.69, 9.17) is 5.73 Å². The highest BCUT2D eigenvalue weighted by Gasteiger charge is 2.18. The van der Waals surface area contributed by atoms with Crippen LogP contribution in [0.15, 0.2) is 0 Å². The Morgan fingerprint density at radius 1 is 1.64 bits per heavy atom. The molecule has 78 valence electrons. The van der Waals surface area contributed by atoms with Crippen molar-refractivity contribution in [1.82, 2.24) is 14.5 Å². The van der Waals surface area contributed by atoms with Crippen LogP contribution in [0.3, 0.4) is 0 Å². The van der Waals surface area contributed by atoms with Crippen molar-refractivity contribution in [1.29, 1.82) is 0 Å². The number of thioether (sulfide) groups is 1. The van der Waals surface area contributed by atoms with Crippen molar-refractivity contribution < 1.29 is 0 Å². The molecule has 2 rings (SSSR count). The second kappa shape index (κ2) is 4.46. The van der Waals surface area contributed by atoms with Crippen molar-refractivity contribution in [3.05, 3.63) is 5.69 Å². The van der Waals surface area contributed by atoms with Gasteiger partial charge >= 0.3 is 0 Å². The normalized spacial score (nSPS) is 23.9. The Balaban J connectivity index is 1.94. The largest absolute Gasteiger partial charge is 0.388 e. The van der Waals surface area contributed by atoms with Gasteiger partial charge in [0.25, 0.3) is 0 Å². The summed E-state index contributed by atoms with van der Waals surface area (Å²) in [7, 11) is 0. The molecule has 0 aromatic carbocycles. The summed E-state index contributed by atoms with van der Waals surface area (Å²) in [5, 5.41) is 5.51. The minimum absolute atomic E-state index is 0.719. The maximum Gasteiger partial charge on any atom is 0.132 e.